The Hall–Kier alpha value is -2.74. The summed E-state index contributed by atoms with van der Waals surface area (Å²) in [6, 6.07) is 15.5. The molecule has 1 aliphatic carbocycles. The molecule has 2 fully saturated rings. The third-order valence-electron chi connectivity index (χ3n) is 7.35. The van der Waals surface area contributed by atoms with Crippen molar-refractivity contribution in [3.05, 3.63) is 71.1 Å². The van der Waals surface area contributed by atoms with Crippen molar-refractivity contribution in [3.8, 4) is 11.3 Å². The van der Waals surface area contributed by atoms with Gasteiger partial charge in [0, 0.05) is 56.6 Å². The molecule has 0 unspecified atom stereocenters. The molecule has 1 saturated heterocycles. The van der Waals surface area contributed by atoms with E-state index < -0.39 is 0 Å². The maximum Gasteiger partial charge on any atom is 0.126 e. The van der Waals surface area contributed by atoms with Crippen LogP contribution in [0.2, 0.25) is 5.02 Å². The fraction of sp³-hybridized carbons (Fsp3) is 0.429. The van der Waals surface area contributed by atoms with Crippen molar-refractivity contribution in [2.45, 2.75) is 44.3 Å². The van der Waals surface area contributed by atoms with Gasteiger partial charge >= 0.3 is 0 Å². The molecule has 8 heteroatoms. The van der Waals surface area contributed by atoms with E-state index in [2.05, 4.69) is 32.5 Å². The van der Waals surface area contributed by atoms with E-state index in [1.807, 2.05) is 30.3 Å². The van der Waals surface area contributed by atoms with Crippen LogP contribution in [0.5, 0.6) is 0 Å². The van der Waals surface area contributed by atoms with Gasteiger partial charge in [0.25, 0.3) is 0 Å². The summed E-state index contributed by atoms with van der Waals surface area (Å²) in [6.07, 6.45) is 6.44. The highest BCUT2D eigenvalue weighted by Crippen LogP contribution is 2.31. The summed E-state index contributed by atoms with van der Waals surface area (Å²) in [6.45, 7) is 5.20. The predicted molar refractivity (Wildman–Crippen MR) is 145 cm³/mol. The Morgan fingerprint density at radius 3 is 2.53 bits per heavy atom. The van der Waals surface area contributed by atoms with Crippen LogP contribution in [0.25, 0.3) is 11.3 Å². The number of hydrogen-bond donors (Lipinski definition) is 2. The second-order valence-corrected chi connectivity index (χ2v) is 10.3. The molecule has 6 nitrogen and oxygen atoms in total. The number of nitrogens with zero attached hydrogens (tertiary/aromatic N) is 4. The van der Waals surface area contributed by atoms with Gasteiger partial charge in [-0.1, -0.05) is 29.8 Å². The Labute approximate surface area is 217 Å². The summed E-state index contributed by atoms with van der Waals surface area (Å²) in [5.74, 6) is 1.30. The van der Waals surface area contributed by atoms with Gasteiger partial charge in [-0.25, -0.2) is 14.4 Å². The smallest absolute Gasteiger partial charge is 0.126 e. The highest BCUT2D eigenvalue weighted by atomic mass is 35.5. The summed E-state index contributed by atoms with van der Waals surface area (Å²) >= 11 is 6.53. The molecule has 3 heterocycles. The average molecular weight is 509 g/mol. The Kier molecular flexibility index (Phi) is 7.99. The van der Waals surface area contributed by atoms with Crippen LogP contribution >= 0.6 is 11.6 Å². The molecule has 1 aromatic carbocycles. The maximum atomic E-state index is 13.5. The minimum Gasteiger partial charge on any atom is -0.367 e. The minimum atomic E-state index is -0.243. The summed E-state index contributed by atoms with van der Waals surface area (Å²) in [7, 11) is 2.21. The Morgan fingerprint density at radius 2 is 1.75 bits per heavy atom. The second-order valence-electron chi connectivity index (χ2n) is 9.93. The molecule has 3 aromatic rings. The number of benzene rings is 1. The van der Waals surface area contributed by atoms with Crippen LogP contribution in [0.4, 0.5) is 16.0 Å². The number of piperazine rings is 1. The summed E-state index contributed by atoms with van der Waals surface area (Å²) in [5, 5.41) is 7.48. The predicted octanol–water partition coefficient (Wildman–Crippen LogP) is 5.52. The van der Waals surface area contributed by atoms with E-state index in [0.717, 1.165) is 35.5 Å². The number of pyridine rings is 2. The largest absolute Gasteiger partial charge is 0.367 e. The molecule has 0 atom stereocenters. The number of likely N-dealkylation sites (N-methyl/N-ethyl adjacent to an activating group) is 1. The third-order valence-corrected chi connectivity index (χ3v) is 7.65. The Bertz CT molecular complexity index is 1160. The fourth-order valence-corrected chi connectivity index (χ4v) is 5.42. The first-order valence-corrected chi connectivity index (χ1v) is 13.2. The average Bonchev–Trinajstić information content (AvgIpc) is 2.90. The summed E-state index contributed by atoms with van der Waals surface area (Å²) < 4.78 is 13.5. The molecule has 0 radical (unpaired) electrons. The fourth-order valence-electron chi connectivity index (χ4n) is 5.22. The van der Waals surface area contributed by atoms with Crippen molar-refractivity contribution in [3.63, 3.8) is 0 Å². The normalized spacial score (nSPS) is 21.3. The van der Waals surface area contributed by atoms with Crippen molar-refractivity contribution in [2.24, 2.45) is 0 Å². The molecule has 0 amide bonds. The van der Waals surface area contributed by atoms with Crippen LogP contribution in [-0.2, 0) is 6.54 Å². The second kappa shape index (κ2) is 11.5. The number of rotatable bonds is 7. The van der Waals surface area contributed by atoms with Gasteiger partial charge in [-0.05, 0) is 68.6 Å². The number of nitrogens with one attached hydrogen (secondary N) is 2. The molecule has 190 valence electrons. The highest BCUT2D eigenvalue weighted by Gasteiger charge is 2.27. The molecular formula is C28H34ClFN6. The Morgan fingerprint density at radius 1 is 0.972 bits per heavy atom. The van der Waals surface area contributed by atoms with Gasteiger partial charge in [0.05, 0.1) is 10.7 Å². The van der Waals surface area contributed by atoms with Crippen LogP contribution in [0.1, 0.15) is 31.2 Å². The van der Waals surface area contributed by atoms with Crippen LogP contribution < -0.4 is 10.6 Å². The van der Waals surface area contributed by atoms with E-state index in [9.17, 15) is 4.39 Å². The van der Waals surface area contributed by atoms with E-state index in [-0.39, 0.29) is 5.82 Å². The molecule has 2 aromatic heterocycles. The van der Waals surface area contributed by atoms with Gasteiger partial charge in [0.15, 0.2) is 0 Å². The molecule has 2 N–H and O–H groups in total. The van der Waals surface area contributed by atoms with Gasteiger partial charge in [-0.2, -0.15) is 0 Å². The Balaban J connectivity index is 1.20. The number of aromatic nitrogens is 2. The van der Waals surface area contributed by atoms with Crippen molar-refractivity contribution in [2.75, 3.05) is 43.9 Å². The molecule has 36 heavy (non-hydrogen) atoms. The van der Waals surface area contributed by atoms with Gasteiger partial charge in [0.1, 0.15) is 17.5 Å². The van der Waals surface area contributed by atoms with Crippen molar-refractivity contribution in [1.82, 2.24) is 19.8 Å². The molecule has 1 aliphatic heterocycles. The first-order chi connectivity index (χ1) is 17.5. The summed E-state index contributed by atoms with van der Waals surface area (Å²) in [4.78, 5) is 14.4. The standard InChI is InChI=1S/C28H34ClFN6/c1-35-12-14-36(15-13-35)23-10-8-22(9-11-23)33-28-17-24(25(29)19-32-28)26-6-3-7-27(34-26)31-18-20-4-2-5-21(30)16-20/h2-7,16-17,19,22-23H,8-15,18H2,1H3,(H,31,34)(H,32,33)/t22-,23-. The molecular weight excluding hydrogens is 475 g/mol. The van der Waals surface area contributed by atoms with Gasteiger partial charge in [-0.3, -0.25) is 4.90 Å². The summed E-state index contributed by atoms with van der Waals surface area (Å²) in [5.41, 5.74) is 2.47. The van der Waals surface area contributed by atoms with E-state index in [0.29, 0.717) is 29.5 Å². The van der Waals surface area contributed by atoms with E-state index in [1.54, 1.807) is 12.3 Å². The third kappa shape index (κ3) is 6.33. The quantitative estimate of drug-likeness (QED) is 0.438. The number of halogens is 2. The molecule has 2 aliphatic rings. The minimum absolute atomic E-state index is 0.243. The van der Waals surface area contributed by atoms with Crippen LogP contribution in [-0.4, -0.2) is 65.1 Å². The van der Waals surface area contributed by atoms with Gasteiger partial charge in [-0.15, -0.1) is 0 Å². The molecule has 0 bridgehead atoms. The number of anilines is 2. The van der Waals surface area contributed by atoms with Crippen molar-refractivity contribution < 1.29 is 4.39 Å². The van der Waals surface area contributed by atoms with Gasteiger partial charge in [0.2, 0.25) is 0 Å². The lowest BCUT2D eigenvalue weighted by Gasteiger charge is -2.41. The lowest BCUT2D eigenvalue weighted by molar-refractivity contribution is 0.0894. The van der Waals surface area contributed by atoms with E-state index in [1.165, 1.54) is 51.2 Å². The lowest BCUT2D eigenvalue weighted by Crippen LogP contribution is -2.50. The zero-order chi connectivity index (χ0) is 24.9. The van der Waals surface area contributed by atoms with E-state index in [4.69, 9.17) is 16.6 Å². The van der Waals surface area contributed by atoms with E-state index >= 15 is 0 Å². The molecule has 0 spiro atoms. The van der Waals surface area contributed by atoms with Gasteiger partial charge < -0.3 is 15.5 Å². The molecule has 5 rings (SSSR count). The number of hydrogen-bond acceptors (Lipinski definition) is 6. The zero-order valence-corrected chi connectivity index (χ0v) is 21.5. The lowest BCUT2D eigenvalue weighted by atomic mass is 9.89. The zero-order valence-electron chi connectivity index (χ0n) is 20.8. The van der Waals surface area contributed by atoms with Crippen LogP contribution in [0.3, 0.4) is 0 Å². The highest BCUT2D eigenvalue weighted by molar-refractivity contribution is 6.33. The maximum absolute atomic E-state index is 13.5. The topological polar surface area (TPSA) is 56.3 Å². The first-order valence-electron chi connectivity index (χ1n) is 12.8. The monoisotopic (exact) mass is 508 g/mol. The van der Waals surface area contributed by atoms with Crippen molar-refractivity contribution >= 4 is 23.2 Å². The van der Waals surface area contributed by atoms with Crippen molar-refractivity contribution in [1.29, 1.82) is 0 Å². The first kappa shape index (κ1) is 24.9. The van der Waals surface area contributed by atoms with Crippen LogP contribution in [0.15, 0.2) is 54.7 Å². The molecule has 1 saturated carbocycles. The SMILES string of the molecule is CN1CCN([C@H]2CC[C@H](Nc3cc(-c4cccc(NCc5cccc(F)c5)n4)c(Cl)cn3)CC2)CC1. The van der Waals surface area contributed by atoms with Crippen LogP contribution in [0, 0.1) is 5.82 Å².